The highest BCUT2D eigenvalue weighted by Gasteiger charge is 2.19. The van der Waals surface area contributed by atoms with E-state index in [1.54, 1.807) is 13.2 Å². The van der Waals surface area contributed by atoms with Gasteiger partial charge in [-0.2, -0.15) is 5.10 Å². The lowest BCUT2D eigenvalue weighted by molar-refractivity contribution is -0.139. The summed E-state index contributed by atoms with van der Waals surface area (Å²) < 4.78 is 6.37. The molecule has 19 heavy (non-hydrogen) atoms. The van der Waals surface area contributed by atoms with Gasteiger partial charge in [-0.1, -0.05) is 0 Å². The zero-order valence-corrected chi connectivity index (χ0v) is 10.9. The first-order chi connectivity index (χ1) is 9.02. The maximum atomic E-state index is 11.6. The van der Waals surface area contributed by atoms with Gasteiger partial charge in [0.05, 0.1) is 11.9 Å². The van der Waals surface area contributed by atoms with Crippen LogP contribution < -0.4 is 10.6 Å². The molecular formula is C11H18N4O4. The van der Waals surface area contributed by atoms with Crippen LogP contribution in [0.3, 0.4) is 0 Å². The largest absolute Gasteiger partial charge is 0.480 e. The van der Waals surface area contributed by atoms with Gasteiger partial charge < -0.3 is 20.5 Å². The number of aryl methyl sites for hydroxylation is 1. The number of carbonyl (C=O) groups is 2. The Hall–Kier alpha value is -2.09. The minimum atomic E-state index is -1.07. The van der Waals surface area contributed by atoms with E-state index in [2.05, 4.69) is 15.7 Å². The molecule has 0 aliphatic rings. The Labute approximate surface area is 110 Å². The number of aliphatic carboxylic acids is 1. The van der Waals surface area contributed by atoms with Crippen LogP contribution in [0.15, 0.2) is 12.4 Å². The normalized spacial score (nSPS) is 11.9. The topological polar surface area (TPSA) is 105 Å². The van der Waals surface area contributed by atoms with Crippen LogP contribution in [-0.2, 0) is 16.6 Å². The molecule has 0 radical (unpaired) electrons. The highest BCUT2D eigenvalue weighted by molar-refractivity contribution is 5.91. The van der Waals surface area contributed by atoms with Crippen LogP contribution in [0, 0.1) is 0 Å². The molecule has 3 N–H and O–H groups in total. The van der Waals surface area contributed by atoms with Crippen LogP contribution in [-0.4, -0.2) is 46.6 Å². The molecule has 1 aromatic heterocycles. The van der Waals surface area contributed by atoms with Crippen molar-refractivity contribution in [2.45, 2.75) is 18.9 Å². The summed E-state index contributed by atoms with van der Waals surface area (Å²) in [6.07, 6.45) is 3.95. The van der Waals surface area contributed by atoms with E-state index < -0.39 is 18.0 Å². The lowest BCUT2D eigenvalue weighted by Crippen LogP contribution is -2.43. The molecule has 0 aliphatic heterocycles. The molecule has 0 saturated heterocycles. The Balaban J connectivity index is 2.44. The van der Waals surface area contributed by atoms with E-state index in [0.29, 0.717) is 25.1 Å². The molecule has 0 aliphatic carbocycles. The number of carboxylic acid groups (broad SMARTS) is 1. The molecule has 1 unspecified atom stereocenters. The van der Waals surface area contributed by atoms with Crippen molar-refractivity contribution in [2.24, 2.45) is 7.05 Å². The van der Waals surface area contributed by atoms with Crippen molar-refractivity contribution in [1.29, 1.82) is 0 Å². The first-order valence-corrected chi connectivity index (χ1v) is 5.81. The Morgan fingerprint density at radius 2 is 2.32 bits per heavy atom. The summed E-state index contributed by atoms with van der Waals surface area (Å²) in [5.41, 5.74) is 0.501. The van der Waals surface area contributed by atoms with E-state index in [-0.39, 0.29) is 0 Å². The summed E-state index contributed by atoms with van der Waals surface area (Å²) >= 11 is 0. The Morgan fingerprint density at radius 3 is 2.84 bits per heavy atom. The SMILES string of the molecule is COCCCC(NC(=O)Nc1cnn(C)c1)C(=O)O. The maximum absolute atomic E-state index is 11.6. The monoisotopic (exact) mass is 270 g/mol. The highest BCUT2D eigenvalue weighted by atomic mass is 16.5. The summed E-state index contributed by atoms with van der Waals surface area (Å²) in [7, 11) is 3.26. The predicted octanol–water partition coefficient (Wildman–Crippen LogP) is 0.421. The fourth-order valence-electron chi connectivity index (χ4n) is 1.50. The molecular weight excluding hydrogens is 252 g/mol. The van der Waals surface area contributed by atoms with Crippen LogP contribution >= 0.6 is 0 Å². The molecule has 0 fully saturated rings. The maximum Gasteiger partial charge on any atom is 0.326 e. The second kappa shape index (κ2) is 7.37. The van der Waals surface area contributed by atoms with Gasteiger partial charge in [0.15, 0.2) is 0 Å². The second-order valence-electron chi connectivity index (χ2n) is 4.03. The molecule has 0 bridgehead atoms. The number of urea groups is 1. The molecule has 1 aromatic rings. The second-order valence-corrected chi connectivity index (χ2v) is 4.03. The van der Waals surface area contributed by atoms with Gasteiger partial charge >= 0.3 is 12.0 Å². The van der Waals surface area contributed by atoms with Crippen molar-refractivity contribution in [1.82, 2.24) is 15.1 Å². The van der Waals surface area contributed by atoms with Crippen LogP contribution in [0.2, 0.25) is 0 Å². The third kappa shape index (κ3) is 5.38. The van der Waals surface area contributed by atoms with Gasteiger partial charge in [0.25, 0.3) is 0 Å². The zero-order chi connectivity index (χ0) is 14.3. The van der Waals surface area contributed by atoms with E-state index in [1.807, 2.05) is 0 Å². The number of carbonyl (C=O) groups excluding carboxylic acids is 1. The van der Waals surface area contributed by atoms with Crippen molar-refractivity contribution in [3.8, 4) is 0 Å². The van der Waals surface area contributed by atoms with Crippen LogP contribution in [0.4, 0.5) is 10.5 Å². The van der Waals surface area contributed by atoms with Crippen molar-refractivity contribution in [3.05, 3.63) is 12.4 Å². The summed E-state index contributed by atoms with van der Waals surface area (Å²) in [6, 6.07) is -1.51. The molecule has 8 heteroatoms. The van der Waals surface area contributed by atoms with Crippen molar-refractivity contribution >= 4 is 17.7 Å². The number of anilines is 1. The van der Waals surface area contributed by atoms with Gasteiger partial charge in [0.2, 0.25) is 0 Å². The number of amides is 2. The van der Waals surface area contributed by atoms with Gasteiger partial charge in [0, 0.05) is 27.0 Å². The van der Waals surface area contributed by atoms with Gasteiger partial charge in [-0.25, -0.2) is 9.59 Å². The fraction of sp³-hybridized carbons (Fsp3) is 0.545. The van der Waals surface area contributed by atoms with E-state index in [0.717, 1.165) is 0 Å². The Bertz CT molecular complexity index is 432. The molecule has 1 atom stereocenters. The summed E-state index contributed by atoms with van der Waals surface area (Å²) in [4.78, 5) is 22.6. The van der Waals surface area contributed by atoms with Gasteiger partial charge in [-0.05, 0) is 12.8 Å². The van der Waals surface area contributed by atoms with Gasteiger partial charge in [0.1, 0.15) is 6.04 Å². The lowest BCUT2D eigenvalue weighted by atomic mass is 10.1. The van der Waals surface area contributed by atoms with E-state index >= 15 is 0 Å². The predicted molar refractivity (Wildman–Crippen MR) is 67.9 cm³/mol. The number of nitrogens with zero attached hydrogens (tertiary/aromatic N) is 2. The first kappa shape index (κ1) is 15.0. The quantitative estimate of drug-likeness (QED) is 0.623. The Morgan fingerprint density at radius 1 is 1.58 bits per heavy atom. The van der Waals surface area contributed by atoms with E-state index in [4.69, 9.17) is 9.84 Å². The third-order valence-electron chi connectivity index (χ3n) is 2.41. The molecule has 0 spiro atoms. The standard InChI is InChI=1S/C11H18N4O4/c1-15-7-8(6-12-15)13-11(18)14-9(10(16)17)4-3-5-19-2/h6-7,9H,3-5H2,1-2H3,(H,16,17)(H2,13,14,18). The van der Waals surface area contributed by atoms with Crippen LogP contribution in [0.25, 0.3) is 0 Å². The summed E-state index contributed by atoms with van der Waals surface area (Å²) in [5.74, 6) is -1.07. The number of aromatic nitrogens is 2. The number of ether oxygens (including phenoxy) is 1. The minimum Gasteiger partial charge on any atom is -0.480 e. The molecule has 2 amide bonds. The fourth-order valence-corrected chi connectivity index (χ4v) is 1.50. The number of methoxy groups -OCH3 is 1. The molecule has 0 saturated carbocycles. The van der Waals surface area contributed by atoms with E-state index in [9.17, 15) is 9.59 Å². The number of carboxylic acids is 1. The molecule has 8 nitrogen and oxygen atoms in total. The zero-order valence-electron chi connectivity index (χ0n) is 10.9. The summed E-state index contributed by atoms with van der Waals surface area (Å²) in [6.45, 7) is 0.454. The number of hydrogen-bond donors (Lipinski definition) is 3. The van der Waals surface area contributed by atoms with Gasteiger partial charge in [-0.3, -0.25) is 4.68 Å². The van der Waals surface area contributed by atoms with Crippen LogP contribution in [0.1, 0.15) is 12.8 Å². The smallest absolute Gasteiger partial charge is 0.326 e. The minimum absolute atomic E-state index is 0.309. The van der Waals surface area contributed by atoms with Crippen molar-refractivity contribution in [3.63, 3.8) is 0 Å². The molecule has 1 heterocycles. The first-order valence-electron chi connectivity index (χ1n) is 5.81. The highest BCUT2D eigenvalue weighted by Crippen LogP contribution is 2.04. The number of hydrogen-bond acceptors (Lipinski definition) is 4. The molecule has 106 valence electrons. The van der Waals surface area contributed by atoms with E-state index in [1.165, 1.54) is 18.0 Å². The summed E-state index contributed by atoms with van der Waals surface area (Å²) in [5, 5.41) is 17.8. The van der Waals surface area contributed by atoms with Crippen LogP contribution in [0.5, 0.6) is 0 Å². The molecule has 0 aromatic carbocycles. The average molecular weight is 270 g/mol. The average Bonchev–Trinajstić information content (AvgIpc) is 2.73. The lowest BCUT2D eigenvalue weighted by Gasteiger charge is -2.14. The Kier molecular flexibility index (Phi) is 5.80. The number of rotatable bonds is 7. The van der Waals surface area contributed by atoms with Crippen molar-refractivity contribution < 1.29 is 19.4 Å². The number of nitrogens with one attached hydrogen (secondary N) is 2. The van der Waals surface area contributed by atoms with Gasteiger partial charge in [-0.15, -0.1) is 0 Å². The third-order valence-corrected chi connectivity index (χ3v) is 2.41. The molecule has 1 rings (SSSR count). The van der Waals surface area contributed by atoms with Crippen molar-refractivity contribution in [2.75, 3.05) is 19.0 Å².